The molecular weight excluding hydrogens is 473 g/mol. The number of hydrogen-bond acceptors (Lipinski definition) is 6. The maximum Gasteiger partial charge on any atom is 0.298 e. The van der Waals surface area contributed by atoms with E-state index in [0.29, 0.717) is 34.6 Å². The van der Waals surface area contributed by atoms with E-state index in [-0.39, 0.29) is 0 Å². The first-order valence-corrected chi connectivity index (χ1v) is 11.5. The van der Waals surface area contributed by atoms with Crippen LogP contribution in [-0.4, -0.2) is 32.8 Å². The van der Waals surface area contributed by atoms with Crippen molar-refractivity contribution in [2.45, 2.75) is 26.7 Å². The first-order valence-electron chi connectivity index (χ1n) is 10.7. The number of benzene rings is 2. The van der Waals surface area contributed by atoms with Crippen LogP contribution in [0, 0.1) is 6.92 Å². The summed E-state index contributed by atoms with van der Waals surface area (Å²) in [6.45, 7) is 5.13. The minimum absolute atomic E-state index is 0.421. The van der Waals surface area contributed by atoms with Gasteiger partial charge in [0.1, 0.15) is 22.9 Å². The molecule has 0 saturated carbocycles. The molecule has 0 aliphatic carbocycles. The van der Waals surface area contributed by atoms with Gasteiger partial charge in [0.05, 0.1) is 17.6 Å². The zero-order valence-corrected chi connectivity index (χ0v) is 20.4. The number of aryl methyl sites for hydroxylation is 2. The van der Waals surface area contributed by atoms with Crippen LogP contribution in [0.3, 0.4) is 0 Å². The molecule has 0 atom stereocenters. The van der Waals surface area contributed by atoms with Crippen LogP contribution >= 0.6 is 23.2 Å². The van der Waals surface area contributed by atoms with E-state index in [1.165, 1.54) is 6.33 Å². The van der Waals surface area contributed by atoms with E-state index >= 15 is 0 Å². The molecule has 2 aromatic heterocycles. The van der Waals surface area contributed by atoms with Crippen LogP contribution in [0.15, 0.2) is 67.3 Å². The van der Waals surface area contributed by atoms with Gasteiger partial charge < -0.3 is 10.1 Å². The van der Waals surface area contributed by atoms with Crippen LogP contribution in [0.25, 0.3) is 5.69 Å². The van der Waals surface area contributed by atoms with Gasteiger partial charge in [-0.05, 0) is 61.7 Å². The molecule has 4 rings (SSSR count). The minimum Gasteiger partial charge on any atom is -0.429 e. The Morgan fingerprint density at radius 3 is 2.47 bits per heavy atom. The maximum atomic E-state index is 9.84. The molecule has 4 aromatic rings. The molecule has 0 spiro atoms. The van der Waals surface area contributed by atoms with E-state index in [1.54, 1.807) is 12.1 Å². The van der Waals surface area contributed by atoms with E-state index < -0.39 is 0 Å². The molecule has 0 amide bonds. The van der Waals surface area contributed by atoms with Gasteiger partial charge in [-0.25, -0.2) is 14.6 Å². The SMILES string of the molecule is CCc1ncnc(NCCc2cnn(-c3ccc(Cl)cc3)c2)c1Cl.Cc1ccc(OC=O)cc1. The summed E-state index contributed by atoms with van der Waals surface area (Å²) in [4.78, 5) is 18.2. The molecule has 0 bridgehead atoms. The fourth-order valence-corrected chi connectivity index (χ4v) is 3.42. The second kappa shape index (κ2) is 12.7. The van der Waals surface area contributed by atoms with Gasteiger partial charge in [-0.2, -0.15) is 5.10 Å². The second-order valence-corrected chi connectivity index (χ2v) is 8.12. The van der Waals surface area contributed by atoms with E-state index in [0.717, 1.165) is 35.3 Å². The third-order valence-corrected chi connectivity index (χ3v) is 5.48. The molecular formula is C25H25Cl2N5O2. The molecule has 0 aliphatic heterocycles. The molecule has 2 aromatic carbocycles. The van der Waals surface area contributed by atoms with Gasteiger partial charge in [-0.15, -0.1) is 0 Å². The summed E-state index contributed by atoms with van der Waals surface area (Å²) in [5, 5.41) is 8.94. The number of ether oxygens (including phenoxy) is 1. The smallest absolute Gasteiger partial charge is 0.298 e. The second-order valence-electron chi connectivity index (χ2n) is 7.31. The van der Waals surface area contributed by atoms with E-state index in [9.17, 15) is 4.79 Å². The van der Waals surface area contributed by atoms with Crippen LogP contribution in [0.5, 0.6) is 5.75 Å². The van der Waals surface area contributed by atoms with Gasteiger partial charge in [-0.1, -0.05) is 47.8 Å². The van der Waals surface area contributed by atoms with Gasteiger partial charge in [0.25, 0.3) is 6.47 Å². The number of carbonyl (C=O) groups is 1. The van der Waals surface area contributed by atoms with Crippen molar-refractivity contribution in [3.63, 3.8) is 0 Å². The van der Waals surface area contributed by atoms with Crippen molar-refractivity contribution in [1.29, 1.82) is 0 Å². The van der Waals surface area contributed by atoms with Gasteiger partial charge in [0, 0.05) is 17.8 Å². The van der Waals surface area contributed by atoms with Crippen molar-refractivity contribution < 1.29 is 9.53 Å². The Balaban J connectivity index is 0.000000271. The maximum absolute atomic E-state index is 9.84. The Morgan fingerprint density at radius 2 is 1.79 bits per heavy atom. The zero-order chi connectivity index (χ0) is 24.3. The Labute approximate surface area is 208 Å². The average molecular weight is 498 g/mol. The number of halogens is 2. The fraction of sp³-hybridized carbons (Fsp3) is 0.200. The highest BCUT2D eigenvalue weighted by Gasteiger charge is 2.07. The summed E-state index contributed by atoms with van der Waals surface area (Å²) in [5.74, 6) is 1.26. The number of rotatable bonds is 8. The number of carbonyl (C=O) groups excluding carboxylic acids is 1. The predicted octanol–water partition coefficient (Wildman–Crippen LogP) is 5.72. The monoisotopic (exact) mass is 497 g/mol. The summed E-state index contributed by atoms with van der Waals surface area (Å²) >= 11 is 12.2. The van der Waals surface area contributed by atoms with Crippen molar-refractivity contribution in [3.8, 4) is 11.4 Å². The normalized spacial score (nSPS) is 10.2. The Morgan fingerprint density at radius 1 is 1.06 bits per heavy atom. The molecule has 0 aliphatic rings. The molecule has 9 heteroatoms. The van der Waals surface area contributed by atoms with Crippen LogP contribution < -0.4 is 10.1 Å². The molecule has 0 radical (unpaired) electrons. The van der Waals surface area contributed by atoms with Crippen molar-refractivity contribution in [1.82, 2.24) is 19.7 Å². The number of nitrogens with zero attached hydrogens (tertiary/aromatic N) is 4. The molecule has 0 unspecified atom stereocenters. The van der Waals surface area contributed by atoms with Crippen molar-refractivity contribution in [2.75, 3.05) is 11.9 Å². The summed E-state index contributed by atoms with van der Waals surface area (Å²) < 4.78 is 6.41. The van der Waals surface area contributed by atoms with Crippen LogP contribution in [-0.2, 0) is 17.6 Å². The highest BCUT2D eigenvalue weighted by molar-refractivity contribution is 6.33. The standard InChI is InChI=1S/C17H17Cl2N5.C8H8O2/c1-2-15-16(19)17(22-11-21-15)20-8-7-12-9-23-24(10-12)14-5-3-13(18)4-6-14;1-7-2-4-8(5-3-7)10-6-9/h3-6,9-11H,2,7-8H2,1H3,(H,20,21,22);2-6H,1H3. The molecule has 0 fully saturated rings. The first kappa shape index (κ1) is 25.2. The molecule has 7 nitrogen and oxygen atoms in total. The lowest BCUT2D eigenvalue weighted by molar-refractivity contribution is -0.120. The number of nitrogens with one attached hydrogen (secondary N) is 1. The highest BCUT2D eigenvalue weighted by atomic mass is 35.5. The number of anilines is 1. The highest BCUT2D eigenvalue weighted by Crippen LogP contribution is 2.22. The molecule has 34 heavy (non-hydrogen) atoms. The molecule has 1 N–H and O–H groups in total. The lowest BCUT2D eigenvalue weighted by atomic mass is 10.2. The average Bonchev–Trinajstić information content (AvgIpc) is 3.32. The Hall–Kier alpha value is -3.42. The Bertz CT molecular complexity index is 1190. The number of aromatic nitrogens is 4. The summed E-state index contributed by atoms with van der Waals surface area (Å²) in [7, 11) is 0. The van der Waals surface area contributed by atoms with Crippen LogP contribution in [0.2, 0.25) is 10.0 Å². The van der Waals surface area contributed by atoms with Crippen molar-refractivity contribution in [2.24, 2.45) is 0 Å². The zero-order valence-electron chi connectivity index (χ0n) is 18.9. The lowest BCUT2D eigenvalue weighted by Crippen LogP contribution is -2.08. The largest absolute Gasteiger partial charge is 0.429 e. The minimum atomic E-state index is 0.421. The number of hydrogen-bond donors (Lipinski definition) is 1. The van der Waals surface area contributed by atoms with Crippen LogP contribution in [0.4, 0.5) is 5.82 Å². The van der Waals surface area contributed by atoms with Crippen molar-refractivity contribution in [3.05, 3.63) is 94.1 Å². The van der Waals surface area contributed by atoms with E-state index in [1.807, 2.05) is 67.3 Å². The lowest BCUT2D eigenvalue weighted by Gasteiger charge is -2.08. The third kappa shape index (κ3) is 7.30. The Kier molecular flexibility index (Phi) is 9.43. The predicted molar refractivity (Wildman–Crippen MR) is 135 cm³/mol. The molecule has 2 heterocycles. The fourth-order valence-electron chi connectivity index (χ4n) is 3.00. The van der Waals surface area contributed by atoms with Crippen LogP contribution in [0.1, 0.15) is 23.7 Å². The quantitative estimate of drug-likeness (QED) is 0.313. The summed E-state index contributed by atoms with van der Waals surface area (Å²) in [6.07, 6.45) is 6.99. The van der Waals surface area contributed by atoms with Gasteiger partial charge in [0.15, 0.2) is 0 Å². The third-order valence-electron chi connectivity index (χ3n) is 4.84. The van der Waals surface area contributed by atoms with E-state index in [4.69, 9.17) is 23.2 Å². The molecule has 176 valence electrons. The van der Waals surface area contributed by atoms with Crippen molar-refractivity contribution >= 4 is 35.5 Å². The summed E-state index contributed by atoms with van der Waals surface area (Å²) in [6, 6.07) is 14.9. The van der Waals surface area contributed by atoms with Gasteiger partial charge >= 0.3 is 0 Å². The summed E-state index contributed by atoms with van der Waals surface area (Å²) in [5.41, 5.74) is 4.10. The topological polar surface area (TPSA) is 81.9 Å². The molecule has 0 saturated heterocycles. The first-order chi connectivity index (χ1) is 16.5. The van der Waals surface area contributed by atoms with Gasteiger partial charge in [0.2, 0.25) is 0 Å². The van der Waals surface area contributed by atoms with Gasteiger partial charge in [-0.3, -0.25) is 4.79 Å². The van der Waals surface area contributed by atoms with E-state index in [2.05, 4.69) is 25.1 Å².